The monoisotopic (exact) mass is 401 g/mol. The highest BCUT2D eigenvalue weighted by molar-refractivity contribution is 6.30. The lowest BCUT2D eigenvalue weighted by molar-refractivity contribution is -0.113. The number of amides is 1. The van der Waals surface area contributed by atoms with Crippen LogP contribution in [0.5, 0.6) is 0 Å². The Morgan fingerprint density at radius 3 is 2.28 bits per heavy atom. The molecule has 0 unspecified atom stereocenters. The van der Waals surface area contributed by atoms with E-state index in [0.717, 1.165) is 22.1 Å². The van der Waals surface area contributed by atoms with Gasteiger partial charge in [0.1, 0.15) is 5.65 Å². The normalized spacial score (nSPS) is 11.2. The van der Waals surface area contributed by atoms with Crippen LogP contribution >= 0.6 is 11.6 Å². The summed E-state index contributed by atoms with van der Waals surface area (Å²) in [7, 11) is 0. The van der Waals surface area contributed by atoms with E-state index in [-0.39, 0.29) is 5.78 Å². The van der Waals surface area contributed by atoms with Crippen LogP contribution in [0.3, 0.4) is 0 Å². The molecular weight excluding hydrogens is 386 g/mol. The smallest absolute Gasteiger partial charge is 0.241 e. The molecule has 0 aliphatic rings. The number of nitrogens with two attached hydrogens (primary N) is 1. The summed E-state index contributed by atoms with van der Waals surface area (Å²) in [5, 5.41) is 1.47. The summed E-state index contributed by atoms with van der Waals surface area (Å²) in [6, 6.07) is 16.2. The molecule has 2 aromatic heterocycles. The summed E-state index contributed by atoms with van der Waals surface area (Å²) >= 11 is 5.88. The molecule has 2 heterocycles. The van der Waals surface area contributed by atoms with E-state index >= 15 is 0 Å². The Labute approximate surface area is 171 Å². The van der Waals surface area contributed by atoms with Crippen molar-refractivity contribution in [2.75, 3.05) is 0 Å². The third-order valence-corrected chi connectivity index (χ3v) is 4.83. The number of halogens is 1. The summed E-state index contributed by atoms with van der Waals surface area (Å²) < 4.78 is 0. The number of nitrogens with zero attached hydrogens (tertiary/aromatic N) is 1. The first-order chi connectivity index (χ1) is 14.0. The molecule has 29 heavy (non-hydrogen) atoms. The van der Waals surface area contributed by atoms with Gasteiger partial charge in [0.25, 0.3) is 0 Å². The van der Waals surface area contributed by atoms with Gasteiger partial charge in [-0.3, -0.25) is 9.59 Å². The maximum Gasteiger partial charge on any atom is 0.241 e. The number of benzene rings is 2. The van der Waals surface area contributed by atoms with E-state index in [4.69, 9.17) is 17.3 Å². The first kappa shape index (κ1) is 18.7. The Hall–Kier alpha value is -3.70. The van der Waals surface area contributed by atoms with Crippen LogP contribution in [0.4, 0.5) is 0 Å². The Balaban J connectivity index is 1.64. The number of carbonyl (C=O) groups is 2. The van der Waals surface area contributed by atoms with E-state index in [1.807, 2.05) is 18.2 Å². The number of carbonyl (C=O) groups excluding carboxylic acids is 2. The van der Waals surface area contributed by atoms with E-state index in [1.54, 1.807) is 54.9 Å². The van der Waals surface area contributed by atoms with Crippen LogP contribution in [-0.2, 0) is 4.79 Å². The van der Waals surface area contributed by atoms with Crippen LogP contribution in [0.2, 0.25) is 5.02 Å². The van der Waals surface area contributed by atoms with Crippen molar-refractivity contribution in [3.8, 4) is 11.1 Å². The summed E-state index contributed by atoms with van der Waals surface area (Å²) in [5.41, 5.74) is 9.72. The number of primary amides is 1. The van der Waals surface area contributed by atoms with Gasteiger partial charge in [0, 0.05) is 51.1 Å². The van der Waals surface area contributed by atoms with Crippen molar-refractivity contribution < 1.29 is 9.59 Å². The van der Waals surface area contributed by atoms with Crippen molar-refractivity contribution in [2.45, 2.75) is 0 Å². The minimum absolute atomic E-state index is 0.0636. The van der Waals surface area contributed by atoms with Gasteiger partial charge in [0.15, 0.2) is 5.78 Å². The Kier molecular flexibility index (Phi) is 4.97. The largest absolute Gasteiger partial charge is 0.366 e. The van der Waals surface area contributed by atoms with Gasteiger partial charge in [-0.15, -0.1) is 0 Å². The molecule has 1 amide bonds. The molecule has 4 rings (SSSR count). The number of aromatic nitrogens is 2. The number of pyridine rings is 1. The van der Waals surface area contributed by atoms with E-state index < -0.39 is 5.91 Å². The predicted molar refractivity (Wildman–Crippen MR) is 115 cm³/mol. The molecule has 4 aromatic rings. The molecule has 0 fully saturated rings. The average molecular weight is 402 g/mol. The molecule has 2 aromatic carbocycles. The summed E-state index contributed by atoms with van der Waals surface area (Å²) in [6.07, 6.45) is 6.50. The molecule has 5 nitrogen and oxygen atoms in total. The number of hydrogen-bond acceptors (Lipinski definition) is 3. The molecule has 0 atom stereocenters. The standard InChI is InChI=1S/C23H16ClN3O2/c24-19-8-5-16(6-9-19)22(29)15-3-1-14(2-4-15)18-11-20-17(7-10-21(25)28)12-26-23(20)27-13-18/h1-13H,(H2,25,28)(H,26,27)/b10-7+. The van der Waals surface area contributed by atoms with Crippen molar-refractivity contribution in [3.63, 3.8) is 0 Å². The van der Waals surface area contributed by atoms with Gasteiger partial charge in [0.05, 0.1) is 0 Å². The van der Waals surface area contributed by atoms with Gasteiger partial charge in [-0.05, 0) is 42.0 Å². The fourth-order valence-electron chi connectivity index (χ4n) is 3.07. The number of fused-ring (bicyclic) bond motifs is 1. The van der Waals surface area contributed by atoms with E-state index in [2.05, 4.69) is 9.97 Å². The van der Waals surface area contributed by atoms with Crippen LogP contribution in [0.1, 0.15) is 21.5 Å². The molecule has 0 radical (unpaired) electrons. The molecule has 3 N–H and O–H groups in total. The second kappa shape index (κ2) is 7.73. The molecule has 0 aliphatic carbocycles. The van der Waals surface area contributed by atoms with Crippen LogP contribution in [0, 0.1) is 0 Å². The molecule has 0 spiro atoms. The summed E-state index contributed by atoms with van der Waals surface area (Å²) in [4.78, 5) is 31.1. The van der Waals surface area contributed by atoms with Gasteiger partial charge in [-0.1, -0.05) is 35.9 Å². The van der Waals surface area contributed by atoms with Crippen molar-refractivity contribution in [2.24, 2.45) is 5.73 Å². The SMILES string of the molecule is NC(=O)/C=C/c1c[nH]c2ncc(-c3ccc(C(=O)c4ccc(Cl)cc4)cc3)cc12. The predicted octanol–water partition coefficient (Wildman–Crippen LogP) is 4.61. The second-order valence-electron chi connectivity index (χ2n) is 6.51. The van der Waals surface area contributed by atoms with E-state index in [1.165, 1.54) is 6.08 Å². The van der Waals surface area contributed by atoms with E-state index in [0.29, 0.717) is 21.8 Å². The number of aromatic amines is 1. The molecular formula is C23H16ClN3O2. The Bertz CT molecular complexity index is 1240. The summed E-state index contributed by atoms with van der Waals surface area (Å²) in [6.45, 7) is 0. The minimum Gasteiger partial charge on any atom is -0.366 e. The number of H-pyrrole nitrogens is 1. The zero-order valence-corrected chi connectivity index (χ0v) is 16.0. The minimum atomic E-state index is -0.510. The second-order valence-corrected chi connectivity index (χ2v) is 6.95. The van der Waals surface area contributed by atoms with Gasteiger partial charge >= 0.3 is 0 Å². The van der Waals surface area contributed by atoms with Crippen LogP contribution in [-0.4, -0.2) is 21.7 Å². The highest BCUT2D eigenvalue weighted by atomic mass is 35.5. The lowest BCUT2D eigenvalue weighted by atomic mass is 9.99. The maximum atomic E-state index is 12.6. The van der Waals surface area contributed by atoms with Gasteiger partial charge in [-0.25, -0.2) is 4.98 Å². The summed E-state index contributed by atoms with van der Waals surface area (Å²) in [5.74, 6) is -0.573. The lowest BCUT2D eigenvalue weighted by Crippen LogP contribution is -2.04. The Morgan fingerprint density at radius 1 is 0.966 bits per heavy atom. The zero-order chi connectivity index (χ0) is 20.4. The number of rotatable bonds is 5. The Morgan fingerprint density at radius 2 is 1.62 bits per heavy atom. The van der Waals surface area contributed by atoms with Gasteiger partial charge in [-0.2, -0.15) is 0 Å². The maximum absolute atomic E-state index is 12.6. The van der Waals surface area contributed by atoms with Crippen LogP contribution in [0.15, 0.2) is 73.1 Å². The zero-order valence-electron chi connectivity index (χ0n) is 15.2. The molecule has 0 bridgehead atoms. The third kappa shape index (κ3) is 3.95. The lowest BCUT2D eigenvalue weighted by Gasteiger charge is -2.05. The molecule has 0 aliphatic heterocycles. The molecule has 0 saturated heterocycles. The first-order valence-electron chi connectivity index (χ1n) is 8.86. The van der Waals surface area contributed by atoms with Crippen molar-refractivity contribution in [1.29, 1.82) is 0 Å². The number of ketones is 1. The molecule has 142 valence electrons. The van der Waals surface area contributed by atoms with Crippen LogP contribution in [0.25, 0.3) is 28.2 Å². The number of nitrogens with one attached hydrogen (secondary N) is 1. The molecule has 0 saturated carbocycles. The van der Waals surface area contributed by atoms with Crippen LogP contribution < -0.4 is 5.73 Å². The van der Waals surface area contributed by atoms with Crippen molar-refractivity contribution in [3.05, 3.63) is 94.8 Å². The highest BCUT2D eigenvalue weighted by Crippen LogP contribution is 2.26. The topological polar surface area (TPSA) is 88.8 Å². The van der Waals surface area contributed by atoms with E-state index in [9.17, 15) is 9.59 Å². The molecule has 6 heteroatoms. The first-order valence-corrected chi connectivity index (χ1v) is 9.24. The third-order valence-electron chi connectivity index (χ3n) is 4.58. The van der Waals surface area contributed by atoms with Crippen molar-refractivity contribution in [1.82, 2.24) is 9.97 Å². The number of hydrogen-bond donors (Lipinski definition) is 2. The van der Waals surface area contributed by atoms with Gasteiger partial charge in [0.2, 0.25) is 5.91 Å². The quantitative estimate of drug-likeness (QED) is 0.378. The highest BCUT2D eigenvalue weighted by Gasteiger charge is 2.10. The average Bonchev–Trinajstić information content (AvgIpc) is 3.14. The van der Waals surface area contributed by atoms with Gasteiger partial charge < -0.3 is 10.7 Å². The van der Waals surface area contributed by atoms with Crippen molar-refractivity contribution >= 4 is 40.4 Å². The fourth-order valence-corrected chi connectivity index (χ4v) is 3.20. The fraction of sp³-hybridized carbons (Fsp3) is 0.